The fourth-order valence-electron chi connectivity index (χ4n) is 2.70. The first kappa shape index (κ1) is 18.3. The number of benzene rings is 2. The molecule has 0 aromatic heterocycles. The van der Waals surface area contributed by atoms with E-state index in [1.54, 1.807) is 24.3 Å². The van der Waals surface area contributed by atoms with Crippen molar-refractivity contribution in [3.63, 3.8) is 0 Å². The van der Waals surface area contributed by atoms with E-state index in [-0.39, 0.29) is 12.3 Å². The van der Waals surface area contributed by atoms with Crippen LogP contribution in [0.3, 0.4) is 0 Å². The van der Waals surface area contributed by atoms with Crippen molar-refractivity contribution in [1.29, 1.82) is 0 Å². The van der Waals surface area contributed by atoms with Gasteiger partial charge in [-0.2, -0.15) is 0 Å². The molecular weight excluding hydrogens is 353 g/mol. The molecule has 26 heavy (non-hydrogen) atoms. The largest absolute Gasteiger partial charge is 0.484 e. The number of hydrogen-bond donors (Lipinski definition) is 2. The van der Waals surface area contributed by atoms with Crippen LogP contribution in [-0.2, 0) is 10.3 Å². The normalized spacial score (nSPS) is 19.5. The summed E-state index contributed by atoms with van der Waals surface area (Å²) >= 11 is 1.50. The molecule has 0 aliphatic carbocycles. The Balaban J connectivity index is 1.72. The molecule has 1 amide bonds. The quantitative estimate of drug-likeness (QED) is 0.841. The molecular formula is C19H20FN3O2S. The van der Waals surface area contributed by atoms with Crippen LogP contribution < -0.4 is 15.8 Å². The summed E-state index contributed by atoms with van der Waals surface area (Å²) in [4.78, 5) is 16.6. The zero-order valence-electron chi connectivity index (χ0n) is 14.4. The number of nitrogens with one attached hydrogen (secondary N) is 1. The van der Waals surface area contributed by atoms with Gasteiger partial charge in [0.05, 0.1) is 11.2 Å². The summed E-state index contributed by atoms with van der Waals surface area (Å²) in [6, 6.07) is 13.6. The maximum Gasteiger partial charge on any atom is 0.262 e. The number of nitrogens with two attached hydrogens (primary N) is 1. The van der Waals surface area contributed by atoms with Crippen molar-refractivity contribution < 1.29 is 13.9 Å². The van der Waals surface area contributed by atoms with Crippen LogP contribution in [-0.4, -0.2) is 23.4 Å². The van der Waals surface area contributed by atoms with Gasteiger partial charge in [0, 0.05) is 5.75 Å². The van der Waals surface area contributed by atoms with E-state index in [4.69, 9.17) is 10.5 Å². The van der Waals surface area contributed by atoms with Gasteiger partial charge >= 0.3 is 0 Å². The molecule has 3 N–H and O–H groups in total. The lowest BCUT2D eigenvalue weighted by Crippen LogP contribution is -2.29. The number of carbonyl (C=O) groups excluding carboxylic acids is 1. The highest BCUT2D eigenvalue weighted by Gasteiger charge is 2.30. The molecule has 7 heteroatoms. The molecule has 0 saturated carbocycles. The Morgan fingerprint density at radius 3 is 2.85 bits per heavy atom. The average molecular weight is 373 g/mol. The number of anilines is 1. The first-order valence-corrected chi connectivity index (χ1v) is 9.21. The van der Waals surface area contributed by atoms with Crippen LogP contribution in [0.25, 0.3) is 0 Å². The Bertz CT molecular complexity index is 829. The number of thioether (sulfide) groups is 1. The van der Waals surface area contributed by atoms with Gasteiger partial charge in [-0.15, -0.1) is 0 Å². The summed E-state index contributed by atoms with van der Waals surface area (Å²) in [6.07, 6.45) is 0.786. The summed E-state index contributed by atoms with van der Waals surface area (Å²) in [5, 5.41) is 3.08. The third-order valence-corrected chi connectivity index (χ3v) is 4.97. The fourth-order valence-corrected chi connectivity index (χ4v) is 3.68. The minimum Gasteiger partial charge on any atom is -0.484 e. The van der Waals surface area contributed by atoms with Gasteiger partial charge in [0.1, 0.15) is 11.6 Å². The Morgan fingerprint density at radius 1 is 1.35 bits per heavy atom. The molecule has 0 fully saturated rings. The number of nitrogens with zero attached hydrogens (tertiary/aromatic N) is 1. The highest BCUT2D eigenvalue weighted by atomic mass is 32.2. The van der Waals surface area contributed by atoms with E-state index in [9.17, 15) is 9.18 Å². The number of para-hydroxylation sites is 1. The zero-order chi connectivity index (χ0) is 18.6. The molecule has 1 unspecified atom stereocenters. The SMILES string of the molecule is CC1(c2ccc(F)c(NC(=O)COc3ccccc3)c2)CCSC(N)=N1. The van der Waals surface area contributed by atoms with Crippen LogP contribution in [0.15, 0.2) is 53.5 Å². The first-order valence-electron chi connectivity index (χ1n) is 8.22. The van der Waals surface area contributed by atoms with Crippen molar-refractivity contribution in [3.8, 4) is 5.75 Å². The highest BCUT2D eigenvalue weighted by molar-refractivity contribution is 8.13. The van der Waals surface area contributed by atoms with Crippen molar-refractivity contribution in [1.82, 2.24) is 0 Å². The minimum atomic E-state index is -0.525. The van der Waals surface area contributed by atoms with Gasteiger partial charge in [0.25, 0.3) is 5.91 Å². The third-order valence-electron chi connectivity index (χ3n) is 4.17. The van der Waals surface area contributed by atoms with Gasteiger partial charge in [0.2, 0.25) is 0 Å². The Kier molecular flexibility index (Phi) is 5.46. The second kappa shape index (κ2) is 7.78. The van der Waals surface area contributed by atoms with E-state index in [2.05, 4.69) is 10.3 Å². The summed E-state index contributed by atoms with van der Waals surface area (Å²) in [5.41, 5.74) is 6.23. The van der Waals surface area contributed by atoms with Gasteiger partial charge in [-0.05, 0) is 43.2 Å². The standard InChI is InChI=1S/C19H20FN3O2S/c1-19(9-10-26-18(21)23-19)13-7-8-15(20)16(11-13)22-17(24)12-25-14-5-3-2-4-6-14/h2-8,11H,9-10,12H2,1H3,(H2,21,23)(H,22,24). The number of aliphatic imine (C=N–C) groups is 1. The number of rotatable bonds is 5. The van der Waals surface area contributed by atoms with Crippen molar-refractivity contribution in [2.45, 2.75) is 18.9 Å². The third kappa shape index (κ3) is 4.35. The van der Waals surface area contributed by atoms with Crippen LogP contribution in [0, 0.1) is 5.82 Å². The molecule has 136 valence electrons. The van der Waals surface area contributed by atoms with E-state index in [1.807, 2.05) is 25.1 Å². The number of ether oxygens (including phenoxy) is 1. The fraction of sp³-hybridized carbons (Fsp3) is 0.263. The van der Waals surface area contributed by atoms with Crippen LogP contribution in [0.4, 0.5) is 10.1 Å². The van der Waals surface area contributed by atoms with Crippen molar-refractivity contribution >= 4 is 28.5 Å². The first-order chi connectivity index (χ1) is 12.5. The maximum absolute atomic E-state index is 14.1. The topological polar surface area (TPSA) is 76.7 Å². The van der Waals surface area contributed by atoms with Crippen LogP contribution in [0.2, 0.25) is 0 Å². The lowest BCUT2D eigenvalue weighted by molar-refractivity contribution is -0.118. The molecule has 2 aromatic rings. The van der Waals surface area contributed by atoms with E-state index in [0.29, 0.717) is 10.9 Å². The summed E-state index contributed by atoms with van der Waals surface area (Å²) in [5.74, 6) is 0.481. The molecule has 0 radical (unpaired) electrons. The lowest BCUT2D eigenvalue weighted by Gasteiger charge is -2.30. The molecule has 3 rings (SSSR count). The molecule has 1 heterocycles. The molecule has 0 saturated heterocycles. The Morgan fingerprint density at radius 2 is 2.12 bits per heavy atom. The maximum atomic E-state index is 14.1. The second-order valence-corrected chi connectivity index (χ2v) is 7.28. The Labute approximate surface area is 155 Å². The number of carbonyl (C=O) groups is 1. The van der Waals surface area contributed by atoms with Gasteiger partial charge < -0.3 is 15.8 Å². The Hall–Kier alpha value is -2.54. The van der Waals surface area contributed by atoms with Crippen molar-refractivity contribution in [2.75, 3.05) is 17.7 Å². The number of halogens is 1. The number of amides is 1. The highest BCUT2D eigenvalue weighted by Crippen LogP contribution is 2.36. The zero-order valence-corrected chi connectivity index (χ0v) is 15.2. The van der Waals surface area contributed by atoms with Gasteiger partial charge in [-0.25, -0.2) is 4.39 Å². The van der Waals surface area contributed by atoms with E-state index < -0.39 is 17.3 Å². The minimum absolute atomic E-state index is 0.109. The predicted molar refractivity (Wildman–Crippen MR) is 103 cm³/mol. The van der Waals surface area contributed by atoms with E-state index >= 15 is 0 Å². The summed E-state index contributed by atoms with van der Waals surface area (Å²) in [7, 11) is 0. The van der Waals surface area contributed by atoms with E-state index in [0.717, 1.165) is 17.7 Å². The smallest absolute Gasteiger partial charge is 0.262 e. The molecule has 1 aliphatic rings. The number of amidine groups is 1. The van der Waals surface area contributed by atoms with Gasteiger partial charge in [0.15, 0.2) is 11.8 Å². The number of hydrogen-bond acceptors (Lipinski definition) is 5. The van der Waals surface area contributed by atoms with Crippen LogP contribution >= 0.6 is 11.8 Å². The second-order valence-electron chi connectivity index (χ2n) is 6.17. The summed E-state index contributed by atoms with van der Waals surface area (Å²) in [6.45, 7) is 1.75. The molecule has 2 aromatic carbocycles. The lowest BCUT2D eigenvalue weighted by atomic mass is 9.89. The van der Waals surface area contributed by atoms with Gasteiger partial charge in [-0.1, -0.05) is 36.0 Å². The molecule has 1 aliphatic heterocycles. The molecule has 0 bridgehead atoms. The molecule has 0 spiro atoms. The van der Waals surface area contributed by atoms with Crippen LogP contribution in [0.1, 0.15) is 18.9 Å². The van der Waals surface area contributed by atoms with Crippen molar-refractivity contribution in [3.05, 3.63) is 59.9 Å². The van der Waals surface area contributed by atoms with Gasteiger partial charge in [-0.3, -0.25) is 9.79 Å². The van der Waals surface area contributed by atoms with E-state index in [1.165, 1.54) is 17.8 Å². The van der Waals surface area contributed by atoms with Crippen LogP contribution in [0.5, 0.6) is 5.75 Å². The molecule has 1 atom stereocenters. The van der Waals surface area contributed by atoms with Crippen molar-refractivity contribution in [2.24, 2.45) is 10.7 Å². The predicted octanol–water partition coefficient (Wildman–Crippen LogP) is 3.51. The summed E-state index contributed by atoms with van der Waals surface area (Å²) < 4.78 is 19.5. The molecule has 5 nitrogen and oxygen atoms in total. The average Bonchev–Trinajstić information content (AvgIpc) is 2.62. The monoisotopic (exact) mass is 373 g/mol.